The molecule has 0 bridgehead atoms. The van der Waals surface area contributed by atoms with E-state index in [0.717, 1.165) is 16.7 Å². The van der Waals surface area contributed by atoms with Crippen molar-refractivity contribution in [1.82, 2.24) is 4.31 Å². The van der Waals surface area contributed by atoms with Crippen LogP contribution in [0.2, 0.25) is 0 Å². The lowest BCUT2D eigenvalue weighted by Crippen LogP contribution is -2.42. The Hall–Kier alpha value is -1.83. The largest absolute Gasteiger partial charge is 0.380 e. The molecule has 1 fully saturated rings. The maximum Gasteiger partial charge on any atom is 0.243 e. The highest BCUT2D eigenvalue weighted by molar-refractivity contribution is 7.89. The first-order valence-electron chi connectivity index (χ1n) is 9.28. The number of hydrogen-bond donors (Lipinski definition) is 0. The molecule has 0 spiro atoms. The minimum atomic E-state index is -3.81. The molecular weight excluding hydrogens is 384 g/mol. The molecule has 7 heteroatoms. The molecule has 1 aliphatic rings. The number of hydrogen-bond acceptors (Lipinski definition) is 3. The number of halogens is 2. The molecule has 28 heavy (non-hydrogen) atoms. The van der Waals surface area contributed by atoms with E-state index in [0.29, 0.717) is 6.61 Å². The number of alkyl halides is 2. The summed E-state index contributed by atoms with van der Waals surface area (Å²) >= 11 is 0. The number of aryl methyl sites for hydroxylation is 1. The Morgan fingerprint density at radius 3 is 2.46 bits per heavy atom. The lowest BCUT2D eigenvalue weighted by molar-refractivity contribution is 0.0320. The zero-order chi connectivity index (χ0) is 20.3. The van der Waals surface area contributed by atoms with Gasteiger partial charge < -0.3 is 4.74 Å². The maximum atomic E-state index is 13.5. The van der Waals surface area contributed by atoms with Crippen LogP contribution >= 0.6 is 0 Å². The summed E-state index contributed by atoms with van der Waals surface area (Å²) in [6, 6.07) is 13.3. The number of methoxy groups -OCH3 is 1. The molecule has 0 aromatic heterocycles. The lowest BCUT2D eigenvalue weighted by atomic mass is 9.87. The molecule has 1 saturated heterocycles. The van der Waals surface area contributed by atoms with E-state index in [1.807, 2.05) is 25.1 Å². The Balaban J connectivity index is 2.04. The molecule has 0 N–H and O–H groups in total. The van der Waals surface area contributed by atoms with Crippen LogP contribution in [0.3, 0.4) is 0 Å². The molecule has 1 aliphatic heterocycles. The summed E-state index contributed by atoms with van der Waals surface area (Å²) < 4.78 is 60.2. The third kappa shape index (κ3) is 4.26. The molecule has 0 radical (unpaired) electrons. The van der Waals surface area contributed by atoms with Gasteiger partial charge in [-0.25, -0.2) is 17.2 Å². The zero-order valence-electron chi connectivity index (χ0n) is 16.0. The standard InChI is InChI=1S/C21H25F2NO3S/c1-15-7-9-18(10-8-15)28(25,26)24-12-11-16(21(22)23)13-20(24)19-6-4-3-5-17(19)14-27-2/h3-10,16,20-21H,11-14H2,1-2H3. The smallest absolute Gasteiger partial charge is 0.243 e. The van der Waals surface area contributed by atoms with E-state index in [9.17, 15) is 17.2 Å². The maximum absolute atomic E-state index is 13.5. The van der Waals surface area contributed by atoms with E-state index in [2.05, 4.69) is 0 Å². The molecule has 2 unspecified atom stereocenters. The normalized spacial score (nSPS) is 21.2. The Labute approximate surface area is 165 Å². The minimum Gasteiger partial charge on any atom is -0.380 e. The highest BCUT2D eigenvalue weighted by Gasteiger charge is 2.40. The van der Waals surface area contributed by atoms with Crippen LogP contribution in [0.1, 0.15) is 35.6 Å². The Morgan fingerprint density at radius 2 is 1.82 bits per heavy atom. The fraction of sp³-hybridized carbons (Fsp3) is 0.429. The van der Waals surface area contributed by atoms with Crippen LogP contribution in [0.5, 0.6) is 0 Å². The lowest BCUT2D eigenvalue weighted by Gasteiger charge is -2.39. The van der Waals surface area contributed by atoms with E-state index >= 15 is 0 Å². The van der Waals surface area contributed by atoms with Gasteiger partial charge in [0, 0.05) is 19.6 Å². The second kappa shape index (κ2) is 8.68. The van der Waals surface area contributed by atoms with Crippen LogP contribution in [0.4, 0.5) is 8.78 Å². The zero-order valence-corrected chi connectivity index (χ0v) is 16.8. The summed E-state index contributed by atoms with van der Waals surface area (Å²) in [6.07, 6.45) is -2.24. The fourth-order valence-electron chi connectivity index (χ4n) is 3.76. The van der Waals surface area contributed by atoms with Crippen molar-refractivity contribution < 1.29 is 21.9 Å². The third-order valence-corrected chi connectivity index (χ3v) is 7.21. The second-order valence-electron chi connectivity index (χ2n) is 7.20. The quantitative estimate of drug-likeness (QED) is 0.703. The average Bonchev–Trinajstić information content (AvgIpc) is 2.68. The summed E-state index contributed by atoms with van der Waals surface area (Å²) in [6.45, 7) is 2.25. The summed E-state index contributed by atoms with van der Waals surface area (Å²) in [4.78, 5) is 0.183. The molecule has 3 rings (SSSR count). The highest BCUT2D eigenvalue weighted by Crippen LogP contribution is 2.41. The van der Waals surface area contributed by atoms with Gasteiger partial charge >= 0.3 is 0 Å². The van der Waals surface area contributed by atoms with Crippen molar-refractivity contribution in [3.8, 4) is 0 Å². The molecule has 0 amide bonds. The van der Waals surface area contributed by atoms with Gasteiger partial charge in [-0.15, -0.1) is 0 Å². The van der Waals surface area contributed by atoms with Gasteiger partial charge in [0.2, 0.25) is 16.4 Å². The first-order valence-corrected chi connectivity index (χ1v) is 10.7. The molecule has 0 aliphatic carbocycles. The van der Waals surface area contributed by atoms with Crippen molar-refractivity contribution in [1.29, 1.82) is 0 Å². The summed E-state index contributed by atoms with van der Waals surface area (Å²) in [7, 11) is -2.25. The van der Waals surface area contributed by atoms with Gasteiger partial charge in [-0.2, -0.15) is 4.31 Å². The average molecular weight is 409 g/mol. The summed E-state index contributed by atoms with van der Waals surface area (Å²) in [5, 5.41) is 0. The SMILES string of the molecule is COCc1ccccc1C1CC(C(F)F)CCN1S(=O)(=O)c1ccc(C)cc1. The minimum absolute atomic E-state index is 0.0667. The van der Waals surface area contributed by atoms with Crippen LogP contribution in [0, 0.1) is 12.8 Å². The molecule has 0 saturated carbocycles. The van der Waals surface area contributed by atoms with Crippen LogP contribution < -0.4 is 0 Å². The van der Waals surface area contributed by atoms with Gasteiger partial charge in [0.15, 0.2) is 0 Å². The van der Waals surface area contributed by atoms with Crippen molar-refractivity contribution in [2.75, 3.05) is 13.7 Å². The molecule has 2 atom stereocenters. The summed E-state index contributed by atoms with van der Waals surface area (Å²) in [5.74, 6) is -0.829. The first kappa shape index (κ1) is 20.9. The molecule has 152 valence electrons. The van der Waals surface area contributed by atoms with E-state index in [-0.39, 0.29) is 24.3 Å². The number of piperidine rings is 1. The van der Waals surface area contributed by atoms with Gasteiger partial charge in [0.25, 0.3) is 0 Å². The van der Waals surface area contributed by atoms with Crippen LogP contribution in [-0.2, 0) is 21.4 Å². The van der Waals surface area contributed by atoms with Gasteiger partial charge in [-0.3, -0.25) is 0 Å². The van der Waals surface area contributed by atoms with Crippen molar-refractivity contribution in [3.63, 3.8) is 0 Å². The Morgan fingerprint density at radius 1 is 1.14 bits per heavy atom. The number of ether oxygens (including phenoxy) is 1. The van der Waals surface area contributed by atoms with E-state index in [1.165, 1.54) is 4.31 Å². The van der Waals surface area contributed by atoms with E-state index in [4.69, 9.17) is 4.74 Å². The second-order valence-corrected chi connectivity index (χ2v) is 9.09. The van der Waals surface area contributed by atoms with Crippen molar-refractivity contribution in [2.45, 2.75) is 43.7 Å². The van der Waals surface area contributed by atoms with Crippen LogP contribution in [-0.4, -0.2) is 32.8 Å². The third-order valence-electron chi connectivity index (χ3n) is 5.29. The fourth-order valence-corrected chi connectivity index (χ4v) is 5.39. The van der Waals surface area contributed by atoms with Gasteiger partial charge in [0.1, 0.15) is 0 Å². The molecule has 1 heterocycles. The predicted octanol–water partition coefficient (Wildman–Crippen LogP) is 4.55. The van der Waals surface area contributed by atoms with Crippen LogP contribution in [0.15, 0.2) is 53.4 Å². The molecule has 2 aromatic rings. The van der Waals surface area contributed by atoms with Crippen molar-refractivity contribution in [3.05, 3.63) is 65.2 Å². The summed E-state index contributed by atoms with van der Waals surface area (Å²) in [5.41, 5.74) is 2.50. The van der Waals surface area contributed by atoms with E-state index < -0.39 is 28.4 Å². The Kier molecular flexibility index (Phi) is 6.47. The first-order chi connectivity index (χ1) is 13.3. The van der Waals surface area contributed by atoms with Crippen molar-refractivity contribution >= 4 is 10.0 Å². The Bertz CT molecular complexity index is 900. The number of sulfonamides is 1. The van der Waals surface area contributed by atoms with Gasteiger partial charge in [-0.1, -0.05) is 42.0 Å². The monoisotopic (exact) mass is 409 g/mol. The van der Waals surface area contributed by atoms with Gasteiger partial charge in [0.05, 0.1) is 17.5 Å². The molecule has 4 nitrogen and oxygen atoms in total. The topological polar surface area (TPSA) is 46.6 Å². The number of benzene rings is 2. The van der Waals surface area contributed by atoms with Crippen molar-refractivity contribution in [2.24, 2.45) is 5.92 Å². The molecular formula is C21H25F2NO3S. The van der Waals surface area contributed by atoms with Gasteiger partial charge in [-0.05, 0) is 43.0 Å². The number of rotatable bonds is 6. The van der Waals surface area contributed by atoms with Crippen LogP contribution in [0.25, 0.3) is 0 Å². The predicted molar refractivity (Wildman–Crippen MR) is 104 cm³/mol. The number of nitrogens with zero attached hydrogens (tertiary/aromatic N) is 1. The molecule has 2 aromatic carbocycles. The highest BCUT2D eigenvalue weighted by atomic mass is 32.2. The van der Waals surface area contributed by atoms with E-state index in [1.54, 1.807) is 37.4 Å².